The third-order valence-corrected chi connectivity index (χ3v) is 2.68. The first kappa shape index (κ1) is 9.96. The van der Waals surface area contributed by atoms with E-state index in [4.69, 9.17) is 0 Å². The van der Waals surface area contributed by atoms with E-state index < -0.39 is 0 Å². The third kappa shape index (κ3) is 1.58. The molecule has 0 unspecified atom stereocenters. The van der Waals surface area contributed by atoms with Crippen molar-refractivity contribution in [3.05, 3.63) is 53.8 Å². The summed E-state index contributed by atoms with van der Waals surface area (Å²) in [5.41, 5.74) is 2.86. The lowest BCUT2D eigenvalue weighted by Crippen LogP contribution is -2.00. The summed E-state index contributed by atoms with van der Waals surface area (Å²) in [6.07, 6.45) is 0. The number of benzene rings is 2. The Morgan fingerprint density at radius 3 is 2.76 bits per heavy atom. The average Bonchev–Trinajstić information content (AvgIpc) is 2.73. The zero-order chi connectivity index (χ0) is 11.8. The molecule has 0 amide bonds. The van der Waals surface area contributed by atoms with Crippen LogP contribution in [0.5, 0.6) is 0 Å². The first-order valence-corrected chi connectivity index (χ1v) is 5.33. The van der Waals surface area contributed by atoms with Crippen molar-refractivity contribution in [1.29, 1.82) is 0 Å². The fourth-order valence-electron chi connectivity index (χ4n) is 1.83. The van der Waals surface area contributed by atoms with Gasteiger partial charge in [-0.05, 0) is 36.8 Å². The van der Waals surface area contributed by atoms with Gasteiger partial charge in [-0.1, -0.05) is 23.4 Å². The number of para-hydroxylation sites is 1. The molecule has 0 atom stereocenters. The van der Waals surface area contributed by atoms with Crippen molar-refractivity contribution in [3.8, 4) is 5.69 Å². The van der Waals surface area contributed by atoms with Gasteiger partial charge < -0.3 is 0 Å². The van der Waals surface area contributed by atoms with E-state index in [0.717, 1.165) is 16.6 Å². The summed E-state index contributed by atoms with van der Waals surface area (Å²) in [6, 6.07) is 12.5. The van der Waals surface area contributed by atoms with E-state index in [9.17, 15) is 4.39 Å². The Morgan fingerprint density at radius 2 is 1.94 bits per heavy atom. The number of rotatable bonds is 1. The molecule has 0 spiro atoms. The fourth-order valence-corrected chi connectivity index (χ4v) is 1.83. The minimum atomic E-state index is -0.291. The van der Waals surface area contributed by atoms with E-state index in [2.05, 4.69) is 10.3 Å². The molecule has 0 saturated heterocycles. The van der Waals surface area contributed by atoms with Gasteiger partial charge >= 0.3 is 0 Å². The van der Waals surface area contributed by atoms with Crippen LogP contribution in [0.2, 0.25) is 0 Å². The lowest BCUT2D eigenvalue weighted by Gasteiger charge is -2.04. The normalized spacial score (nSPS) is 10.9. The fraction of sp³-hybridized carbons (Fsp3) is 0.0769. The summed E-state index contributed by atoms with van der Waals surface area (Å²) in [5.74, 6) is -0.291. The lowest BCUT2D eigenvalue weighted by molar-refractivity contribution is 0.608. The Hall–Kier alpha value is -2.23. The zero-order valence-corrected chi connectivity index (χ0v) is 9.26. The number of fused-ring (bicyclic) bond motifs is 1. The van der Waals surface area contributed by atoms with E-state index in [1.54, 1.807) is 6.07 Å². The molecule has 0 N–H and O–H groups in total. The monoisotopic (exact) mass is 227 g/mol. The molecule has 4 heteroatoms. The minimum Gasteiger partial charge on any atom is -0.210 e. The Kier molecular flexibility index (Phi) is 2.14. The molecule has 0 saturated carbocycles. The number of aryl methyl sites for hydroxylation is 1. The van der Waals surface area contributed by atoms with Gasteiger partial charge in [-0.25, -0.2) is 9.07 Å². The van der Waals surface area contributed by atoms with Crippen LogP contribution in [-0.2, 0) is 0 Å². The summed E-state index contributed by atoms with van der Waals surface area (Å²) >= 11 is 0. The molecule has 0 aliphatic heterocycles. The van der Waals surface area contributed by atoms with Crippen molar-refractivity contribution in [2.75, 3.05) is 0 Å². The lowest BCUT2D eigenvalue weighted by atomic mass is 10.2. The number of nitrogens with zero attached hydrogens (tertiary/aromatic N) is 3. The Morgan fingerprint density at radius 1 is 1.12 bits per heavy atom. The molecule has 84 valence electrons. The van der Waals surface area contributed by atoms with Crippen molar-refractivity contribution < 1.29 is 4.39 Å². The van der Waals surface area contributed by atoms with Crippen LogP contribution in [0.4, 0.5) is 4.39 Å². The van der Waals surface area contributed by atoms with E-state index >= 15 is 0 Å². The van der Waals surface area contributed by atoms with Crippen LogP contribution in [0.3, 0.4) is 0 Å². The summed E-state index contributed by atoms with van der Waals surface area (Å²) in [5, 5.41) is 7.99. The van der Waals surface area contributed by atoms with Crippen LogP contribution in [0.15, 0.2) is 42.5 Å². The summed E-state index contributed by atoms with van der Waals surface area (Å²) in [7, 11) is 0. The molecule has 3 nitrogen and oxygen atoms in total. The van der Waals surface area contributed by atoms with E-state index in [1.165, 1.54) is 10.7 Å². The zero-order valence-electron chi connectivity index (χ0n) is 9.26. The second kappa shape index (κ2) is 3.66. The largest absolute Gasteiger partial charge is 0.210 e. The second-order valence-corrected chi connectivity index (χ2v) is 3.94. The highest BCUT2D eigenvalue weighted by atomic mass is 19.1. The molecule has 0 fully saturated rings. The topological polar surface area (TPSA) is 30.7 Å². The minimum absolute atomic E-state index is 0.291. The van der Waals surface area contributed by atoms with Gasteiger partial charge in [0.1, 0.15) is 17.0 Å². The Labute approximate surface area is 97.5 Å². The molecule has 3 rings (SSSR count). The van der Waals surface area contributed by atoms with Crippen molar-refractivity contribution in [3.63, 3.8) is 0 Å². The molecule has 2 aromatic carbocycles. The maximum Gasteiger partial charge on any atom is 0.149 e. The van der Waals surface area contributed by atoms with Crippen molar-refractivity contribution in [2.24, 2.45) is 0 Å². The molecule has 1 heterocycles. The van der Waals surface area contributed by atoms with Crippen LogP contribution < -0.4 is 0 Å². The summed E-state index contributed by atoms with van der Waals surface area (Å²) < 4.78 is 15.4. The molecular weight excluding hydrogens is 217 g/mol. The van der Waals surface area contributed by atoms with Gasteiger partial charge in [-0.15, -0.1) is 5.10 Å². The molecule has 1 aromatic heterocycles. The highest BCUT2D eigenvalue weighted by molar-refractivity contribution is 5.75. The SMILES string of the molecule is Cc1ccc(-n2nnc3ccccc32)c(F)c1. The highest BCUT2D eigenvalue weighted by Gasteiger charge is 2.09. The highest BCUT2D eigenvalue weighted by Crippen LogP contribution is 2.19. The van der Waals surface area contributed by atoms with Crippen molar-refractivity contribution in [2.45, 2.75) is 6.92 Å². The second-order valence-electron chi connectivity index (χ2n) is 3.94. The van der Waals surface area contributed by atoms with E-state index in [0.29, 0.717) is 5.69 Å². The summed E-state index contributed by atoms with van der Waals surface area (Å²) in [4.78, 5) is 0. The maximum absolute atomic E-state index is 13.9. The number of aromatic nitrogens is 3. The van der Waals surface area contributed by atoms with Crippen LogP contribution in [0, 0.1) is 12.7 Å². The number of hydrogen-bond donors (Lipinski definition) is 0. The molecule has 0 aliphatic carbocycles. The van der Waals surface area contributed by atoms with Gasteiger partial charge in [-0.3, -0.25) is 0 Å². The molecule has 3 aromatic rings. The van der Waals surface area contributed by atoms with E-state index in [1.807, 2.05) is 37.3 Å². The maximum atomic E-state index is 13.9. The predicted molar refractivity (Wildman–Crippen MR) is 63.6 cm³/mol. The van der Waals surface area contributed by atoms with Crippen molar-refractivity contribution >= 4 is 11.0 Å². The quantitative estimate of drug-likeness (QED) is 0.640. The number of halogens is 1. The van der Waals surface area contributed by atoms with Gasteiger partial charge in [-0.2, -0.15) is 0 Å². The molecule has 0 aliphatic rings. The predicted octanol–water partition coefficient (Wildman–Crippen LogP) is 2.87. The smallest absolute Gasteiger partial charge is 0.149 e. The van der Waals surface area contributed by atoms with Gasteiger partial charge in [0.15, 0.2) is 0 Å². The standard InChI is InChI=1S/C13H10FN3/c1-9-6-7-12(10(14)8-9)17-13-5-3-2-4-11(13)15-16-17/h2-8H,1H3. The molecule has 0 radical (unpaired) electrons. The van der Waals surface area contributed by atoms with Gasteiger partial charge in [0, 0.05) is 0 Å². The van der Waals surface area contributed by atoms with Gasteiger partial charge in [0.2, 0.25) is 0 Å². The summed E-state index contributed by atoms with van der Waals surface area (Å²) in [6.45, 7) is 1.85. The average molecular weight is 227 g/mol. The van der Waals surface area contributed by atoms with Crippen LogP contribution in [0.1, 0.15) is 5.56 Å². The van der Waals surface area contributed by atoms with Crippen LogP contribution >= 0.6 is 0 Å². The number of hydrogen-bond acceptors (Lipinski definition) is 2. The van der Waals surface area contributed by atoms with Crippen molar-refractivity contribution in [1.82, 2.24) is 15.0 Å². The van der Waals surface area contributed by atoms with Gasteiger partial charge in [0.05, 0.1) is 5.52 Å². The molecule has 0 bridgehead atoms. The van der Waals surface area contributed by atoms with Crippen LogP contribution in [0.25, 0.3) is 16.7 Å². The Bertz CT molecular complexity index is 688. The molecule has 17 heavy (non-hydrogen) atoms. The first-order chi connectivity index (χ1) is 8.25. The van der Waals surface area contributed by atoms with Gasteiger partial charge in [0.25, 0.3) is 0 Å². The third-order valence-electron chi connectivity index (χ3n) is 2.68. The Balaban J connectivity index is 2.27. The molecular formula is C13H10FN3. The first-order valence-electron chi connectivity index (χ1n) is 5.33. The van der Waals surface area contributed by atoms with Crippen LogP contribution in [-0.4, -0.2) is 15.0 Å². The van der Waals surface area contributed by atoms with E-state index in [-0.39, 0.29) is 5.82 Å².